The van der Waals surface area contributed by atoms with Crippen LogP contribution < -0.4 is 4.90 Å². The van der Waals surface area contributed by atoms with E-state index in [1.54, 1.807) is 0 Å². The molecule has 0 N–H and O–H groups in total. The molecule has 0 spiro atoms. The molecular weight excluding hydrogens is 587 g/mol. The van der Waals surface area contributed by atoms with Gasteiger partial charge in [0.1, 0.15) is 0 Å². The summed E-state index contributed by atoms with van der Waals surface area (Å²) < 4.78 is 2.67. The summed E-state index contributed by atoms with van der Waals surface area (Å²) in [5, 5.41) is 7.78. The van der Waals surface area contributed by atoms with Crippen LogP contribution in [0.15, 0.2) is 176 Å². The highest BCUT2D eigenvalue weighted by Gasteiger charge is 2.17. The Morgan fingerprint density at radius 1 is 0.404 bits per heavy atom. The number of hydrogen-bond acceptors (Lipinski definition) is 2. The number of thiophene rings is 1. The molecule has 9 rings (SSSR count). The Hall–Kier alpha value is -5.70. The van der Waals surface area contributed by atoms with Crippen LogP contribution in [0.3, 0.4) is 0 Å². The fourth-order valence-electron chi connectivity index (χ4n) is 7.01. The third-order valence-electron chi connectivity index (χ3n) is 9.37. The number of rotatable bonds is 6. The molecule has 0 saturated carbocycles. The fourth-order valence-corrected chi connectivity index (χ4v) is 8.23. The van der Waals surface area contributed by atoms with Gasteiger partial charge in [0.2, 0.25) is 0 Å². The van der Waals surface area contributed by atoms with Crippen molar-refractivity contribution in [3.05, 3.63) is 181 Å². The quantitative estimate of drug-likeness (QED) is 0.179. The lowest BCUT2D eigenvalue weighted by Crippen LogP contribution is -2.17. The predicted molar refractivity (Wildman–Crippen MR) is 204 cm³/mol. The van der Waals surface area contributed by atoms with E-state index in [-0.39, 0.29) is 0 Å². The van der Waals surface area contributed by atoms with Gasteiger partial charge in [0.05, 0.1) is 0 Å². The first kappa shape index (κ1) is 27.6. The molecule has 0 unspecified atom stereocenters. The maximum absolute atomic E-state index is 2.47. The molecule has 0 aliphatic heterocycles. The first-order valence-corrected chi connectivity index (χ1v) is 16.9. The molecule has 0 radical (unpaired) electrons. The second kappa shape index (κ2) is 11.6. The molecule has 1 aromatic heterocycles. The van der Waals surface area contributed by atoms with Gasteiger partial charge in [-0.15, -0.1) is 11.3 Å². The molecule has 0 atom stereocenters. The monoisotopic (exact) mass is 617 g/mol. The second-order valence-electron chi connectivity index (χ2n) is 12.1. The third-order valence-corrected chi connectivity index (χ3v) is 10.6. The maximum atomic E-state index is 2.47. The van der Waals surface area contributed by atoms with E-state index in [0.29, 0.717) is 0 Å². The Bertz CT molecular complexity index is 2540. The molecule has 222 valence electrons. The molecular formula is C45H31NS. The minimum atomic E-state index is 0.737. The summed E-state index contributed by atoms with van der Waals surface area (Å²) in [6.45, 7) is 0.737. The predicted octanol–water partition coefficient (Wildman–Crippen LogP) is 13.0. The van der Waals surface area contributed by atoms with Crippen molar-refractivity contribution in [3.63, 3.8) is 0 Å². The first-order valence-electron chi connectivity index (χ1n) is 16.1. The topological polar surface area (TPSA) is 3.24 Å². The van der Waals surface area contributed by atoms with E-state index >= 15 is 0 Å². The van der Waals surface area contributed by atoms with E-state index in [4.69, 9.17) is 0 Å². The van der Waals surface area contributed by atoms with Gasteiger partial charge in [-0.25, -0.2) is 0 Å². The number of anilines is 2. The Kier molecular flexibility index (Phi) is 6.80. The van der Waals surface area contributed by atoms with Gasteiger partial charge in [-0.3, -0.25) is 0 Å². The zero-order valence-corrected chi connectivity index (χ0v) is 26.6. The summed E-state index contributed by atoms with van der Waals surface area (Å²) in [6, 6.07) is 64.2. The summed E-state index contributed by atoms with van der Waals surface area (Å²) >= 11 is 1.89. The lowest BCUT2D eigenvalue weighted by atomic mass is 9.94. The average molecular weight is 618 g/mol. The largest absolute Gasteiger partial charge is 0.337 e. The van der Waals surface area contributed by atoms with E-state index in [1.807, 2.05) is 11.3 Å². The first-order chi connectivity index (χ1) is 23.3. The maximum Gasteiger partial charge on any atom is 0.0487 e. The summed E-state index contributed by atoms with van der Waals surface area (Å²) in [5.74, 6) is 0. The van der Waals surface area contributed by atoms with Crippen molar-refractivity contribution in [3.8, 4) is 22.3 Å². The van der Waals surface area contributed by atoms with Gasteiger partial charge in [-0.05, 0) is 79.7 Å². The zero-order chi connectivity index (χ0) is 31.2. The molecule has 2 heteroatoms. The highest BCUT2D eigenvalue weighted by atomic mass is 32.1. The average Bonchev–Trinajstić information content (AvgIpc) is 3.53. The van der Waals surface area contributed by atoms with Gasteiger partial charge in [0, 0.05) is 38.1 Å². The summed E-state index contributed by atoms with van der Waals surface area (Å²) in [4.78, 5) is 2.47. The van der Waals surface area contributed by atoms with Gasteiger partial charge in [-0.1, -0.05) is 146 Å². The van der Waals surface area contributed by atoms with Crippen LogP contribution in [0, 0.1) is 0 Å². The van der Waals surface area contributed by atoms with Crippen molar-refractivity contribution in [1.82, 2.24) is 0 Å². The minimum Gasteiger partial charge on any atom is -0.337 e. The highest BCUT2D eigenvalue weighted by Crippen LogP contribution is 2.42. The lowest BCUT2D eigenvalue weighted by molar-refractivity contribution is 0.979. The van der Waals surface area contributed by atoms with E-state index < -0.39 is 0 Å². The van der Waals surface area contributed by atoms with Crippen LogP contribution >= 0.6 is 11.3 Å². The molecule has 1 heterocycles. The van der Waals surface area contributed by atoms with E-state index in [1.165, 1.54) is 80.9 Å². The third kappa shape index (κ3) is 4.95. The van der Waals surface area contributed by atoms with Crippen molar-refractivity contribution in [1.29, 1.82) is 0 Å². The van der Waals surface area contributed by atoms with Crippen molar-refractivity contribution < 1.29 is 0 Å². The van der Waals surface area contributed by atoms with Crippen LogP contribution in [0.1, 0.15) is 5.56 Å². The summed E-state index contributed by atoms with van der Waals surface area (Å²) in [7, 11) is 0. The van der Waals surface area contributed by atoms with Crippen LogP contribution in [-0.4, -0.2) is 0 Å². The van der Waals surface area contributed by atoms with Gasteiger partial charge in [-0.2, -0.15) is 0 Å². The molecule has 0 bridgehead atoms. The van der Waals surface area contributed by atoms with E-state index in [0.717, 1.165) is 6.54 Å². The minimum absolute atomic E-state index is 0.737. The van der Waals surface area contributed by atoms with Crippen LogP contribution in [0.4, 0.5) is 11.4 Å². The molecule has 1 nitrogen and oxygen atoms in total. The normalized spacial score (nSPS) is 11.5. The zero-order valence-electron chi connectivity index (χ0n) is 25.8. The molecule has 0 fully saturated rings. The Morgan fingerprint density at radius 2 is 1.04 bits per heavy atom. The van der Waals surface area contributed by atoms with Gasteiger partial charge in [0.25, 0.3) is 0 Å². The van der Waals surface area contributed by atoms with Crippen LogP contribution in [-0.2, 0) is 6.54 Å². The molecule has 0 aliphatic rings. The molecule has 8 aromatic carbocycles. The smallest absolute Gasteiger partial charge is 0.0487 e. The number of fused-ring (bicyclic) bond motifs is 6. The standard InChI is InChI=1S/C45H31NS/c1-2-11-31(12-3-1)32-21-24-36(25-22-32)46(30-35-15-6-8-18-39(35)41-20-10-16-33-13-4-7-17-38(33)41)37-26-28-44-43(29-37)42-27-23-34-14-5-9-19-40(34)45(42)47-44/h1-29H,30H2. The highest BCUT2D eigenvalue weighted by molar-refractivity contribution is 7.26. The molecule has 0 saturated heterocycles. The number of hydrogen-bond donors (Lipinski definition) is 0. The summed E-state index contributed by atoms with van der Waals surface area (Å²) in [5.41, 5.74) is 8.62. The SMILES string of the molecule is c1ccc(-c2ccc(N(Cc3ccccc3-c3cccc4ccccc34)c3ccc4sc5c6ccccc6ccc5c4c3)cc2)cc1. The molecule has 0 aliphatic carbocycles. The number of nitrogens with zero attached hydrogens (tertiary/aromatic N) is 1. The van der Waals surface area contributed by atoms with Crippen molar-refractivity contribution in [2.75, 3.05) is 4.90 Å². The molecule has 47 heavy (non-hydrogen) atoms. The molecule has 0 amide bonds. The molecule has 9 aromatic rings. The van der Waals surface area contributed by atoms with Gasteiger partial charge in [0.15, 0.2) is 0 Å². The van der Waals surface area contributed by atoms with E-state index in [2.05, 4.69) is 181 Å². The Morgan fingerprint density at radius 3 is 1.89 bits per heavy atom. The Labute approximate surface area is 278 Å². The number of benzene rings is 8. The van der Waals surface area contributed by atoms with E-state index in [9.17, 15) is 0 Å². The lowest BCUT2D eigenvalue weighted by Gasteiger charge is -2.27. The van der Waals surface area contributed by atoms with Crippen LogP contribution in [0.25, 0.3) is 64.0 Å². The Balaban J connectivity index is 1.20. The second-order valence-corrected chi connectivity index (χ2v) is 13.2. The fraction of sp³-hybridized carbons (Fsp3) is 0.0222. The van der Waals surface area contributed by atoms with Crippen LogP contribution in [0.2, 0.25) is 0 Å². The van der Waals surface area contributed by atoms with Gasteiger partial charge >= 0.3 is 0 Å². The van der Waals surface area contributed by atoms with Gasteiger partial charge < -0.3 is 4.90 Å². The summed E-state index contributed by atoms with van der Waals surface area (Å²) in [6.07, 6.45) is 0. The van der Waals surface area contributed by atoms with Crippen molar-refractivity contribution in [2.45, 2.75) is 6.54 Å². The van der Waals surface area contributed by atoms with Crippen molar-refractivity contribution in [2.24, 2.45) is 0 Å². The van der Waals surface area contributed by atoms with Crippen LogP contribution in [0.5, 0.6) is 0 Å². The van der Waals surface area contributed by atoms with Crippen molar-refractivity contribution >= 4 is 64.4 Å².